The van der Waals surface area contributed by atoms with Gasteiger partial charge in [-0.2, -0.15) is 0 Å². The van der Waals surface area contributed by atoms with E-state index >= 15 is 0 Å². The lowest BCUT2D eigenvalue weighted by molar-refractivity contribution is 0.303. The van der Waals surface area contributed by atoms with Crippen LogP contribution in [0.5, 0.6) is 5.75 Å². The standard InChI is InChI=1S/C16H25NO3S/c1-4-11-17-16(12(2)21(3,18)19)13-5-7-14(8-6-13)20-15-9-10-15/h5-8,12,15-17H,4,9-11H2,1-3H3. The van der Waals surface area contributed by atoms with Crippen LogP contribution in [-0.4, -0.2) is 32.6 Å². The topological polar surface area (TPSA) is 55.4 Å². The molecule has 5 heteroatoms. The highest BCUT2D eigenvalue weighted by atomic mass is 32.2. The minimum absolute atomic E-state index is 0.185. The summed E-state index contributed by atoms with van der Waals surface area (Å²) in [6, 6.07) is 7.61. The van der Waals surface area contributed by atoms with Gasteiger partial charge in [0.25, 0.3) is 0 Å². The Bertz CT molecular complexity index is 549. The first-order valence-electron chi connectivity index (χ1n) is 7.60. The van der Waals surface area contributed by atoms with Crippen LogP contribution >= 0.6 is 0 Å². The first-order chi connectivity index (χ1) is 9.91. The van der Waals surface area contributed by atoms with E-state index in [1.165, 1.54) is 6.26 Å². The van der Waals surface area contributed by atoms with Gasteiger partial charge in [0.2, 0.25) is 0 Å². The van der Waals surface area contributed by atoms with Crippen molar-refractivity contribution >= 4 is 9.84 Å². The molecule has 1 N–H and O–H groups in total. The molecule has 2 atom stereocenters. The Morgan fingerprint density at radius 1 is 1.29 bits per heavy atom. The normalized spacial score (nSPS) is 18.2. The van der Waals surface area contributed by atoms with Crippen LogP contribution < -0.4 is 10.1 Å². The number of benzene rings is 1. The van der Waals surface area contributed by atoms with Crippen molar-refractivity contribution in [2.75, 3.05) is 12.8 Å². The van der Waals surface area contributed by atoms with Gasteiger partial charge in [-0.1, -0.05) is 19.1 Å². The number of ether oxygens (including phenoxy) is 1. The van der Waals surface area contributed by atoms with E-state index in [1.807, 2.05) is 24.3 Å². The van der Waals surface area contributed by atoms with Crippen molar-refractivity contribution < 1.29 is 13.2 Å². The van der Waals surface area contributed by atoms with E-state index in [0.717, 1.165) is 37.1 Å². The molecule has 118 valence electrons. The van der Waals surface area contributed by atoms with Gasteiger partial charge in [0.05, 0.1) is 11.4 Å². The highest BCUT2D eigenvalue weighted by molar-refractivity contribution is 7.91. The molecule has 1 aliphatic rings. The van der Waals surface area contributed by atoms with E-state index in [4.69, 9.17) is 4.74 Å². The summed E-state index contributed by atoms with van der Waals surface area (Å²) >= 11 is 0. The fraction of sp³-hybridized carbons (Fsp3) is 0.625. The maximum absolute atomic E-state index is 11.9. The molecule has 0 heterocycles. The van der Waals surface area contributed by atoms with E-state index in [1.54, 1.807) is 6.92 Å². The molecule has 0 amide bonds. The molecule has 1 saturated carbocycles. The summed E-state index contributed by atoms with van der Waals surface area (Å²) in [7, 11) is -3.09. The van der Waals surface area contributed by atoms with Crippen LogP contribution in [0.15, 0.2) is 24.3 Å². The van der Waals surface area contributed by atoms with Crippen LogP contribution in [0.4, 0.5) is 0 Å². The highest BCUT2D eigenvalue weighted by Gasteiger charge is 2.27. The molecular weight excluding hydrogens is 286 g/mol. The summed E-state index contributed by atoms with van der Waals surface area (Å²) in [6.07, 6.45) is 4.90. The molecule has 0 aromatic heterocycles. The second-order valence-electron chi connectivity index (χ2n) is 5.85. The number of rotatable bonds is 8. The lowest BCUT2D eigenvalue weighted by Gasteiger charge is -2.24. The van der Waals surface area contributed by atoms with Crippen molar-refractivity contribution in [2.45, 2.75) is 50.5 Å². The van der Waals surface area contributed by atoms with Crippen LogP contribution in [-0.2, 0) is 9.84 Å². The predicted octanol–water partition coefficient (Wildman–Crippen LogP) is 2.70. The van der Waals surface area contributed by atoms with Gasteiger partial charge in [0, 0.05) is 12.3 Å². The first-order valence-corrected chi connectivity index (χ1v) is 9.56. The molecule has 0 bridgehead atoms. The fourth-order valence-electron chi connectivity index (χ4n) is 2.23. The van der Waals surface area contributed by atoms with Crippen LogP contribution in [0.2, 0.25) is 0 Å². The van der Waals surface area contributed by atoms with E-state index < -0.39 is 15.1 Å². The summed E-state index contributed by atoms with van der Waals surface area (Å²) in [6.45, 7) is 4.63. The van der Waals surface area contributed by atoms with E-state index in [0.29, 0.717) is 6.10 Å². The van der Waals surface area contributed by atoms with Gasteiger partial charge in [-0.3, -0.25) is 0 Å². The molecule has 21 heavy (non-hydrogen) atoms. The maximum Gasteiger partial charge on any atom is 0.151 e. The smallest absolute Gasteiger partial charge is 0.151 e. The number of nitrogens with one attached hydrogen (secondary N) is 1. The van der Waals surface area contributed by atoms with Crippen molar-refractivity contribution in [2.24, 2.45) is 0 Å². The zero-order valence-electron chi connectivity index (χ0n) is 13.0. The molecule has 1 fully saturated rings. The first kappa shape index (κ1) is 16.3. The van der Waals surface area contributed by atoms with Gasteiger partial charge < -0.3 is 10.1 Å². The SMILES string of the molecule is CCCNC(c1ccc(OC2CC2)cc1)C(C)S(C)(=O)=O. The molecule has 1 aromatic carbocycles. The number of hydrogen-bond acceptors (Lipinski definition) is 4. The van der Waals surface area contributed by atoms with Gasteiger partial charge in [-0.05, 0) is 50.4 Å². The zero-order chi connectivity index (χ0) is 15.5. The molecule has 0 saturated heterocycles. The third-order valence-corrected chi connectivity index (χ3v) is 5.45. The van der Waals surface area contributed by atoms with Gasteiger partial charge in [0.1, 0.15) is 5.75 Å². The Hall–Kier alpha value is -1.07. The second-order valence-corrected chi connectivity index (χ2v) is 8.26. The number of sulfone groups is 1. The predicted molar refractivity (Wildman–Crippen MR) is 85.4 cm³/mol. The summed E-state index contributed by atoms with van der Waals surface area (Å²) < 4.78 is 29.5. The molecule has 2 rings (SSSR count). The zero-order valence-corrected chi connectivity index (χ0v) is 13.8. The van der Waals surface area contributed by atoms with Crippen molar-refractivity contribution in [3.05, 3.63) is 29.8 Å². The van der Waals surface area contributed by atoms with Crippen molar-refractivity contribution in [3.8, 4) is 5.75 Å². The summed E-state index contributed by atoms with van der Waals surface area (Å²) in [5, 5.41) is 2.89. The minimum atomic E-state index is -3.09. The highest BCUT2D eigenvalue weighted by Crippen LogP contribution is 2.28. The molecular formula is C16H25NO3S. The number of hydrogen-bond donors (Lipinski definition) is 1. The Kier molecular flexibility index (Phi) is 5.27. The monoisotopic (exact) mass is 311 g/mol. The maximum atomic E-state index is 11.9. The van der Waals surface area contributed by atoms with Crippen LogP contribution in [0.3, 0.4) is 0 Å². The fourth-order valence-corrected chi connectivity index (χ4v) is 2.98. The Balaban J connectivity index is 2.14. The summed E-state index contributed by atoms with van der Waals surface area (Å²) in [5.74, 6) is 0.863. The average Bonchev–Trinajstić information content (AvgIpc) is 3.23. The van der Waals surface area contributed by atoms with E-state index in [2.05, 4.69) is 12.2 Å². The van der Waals surface area contributed by atoms with Crippen LogP contribution in [0, 0.1) is 0 Å². The molecule has 1 aromatic rings. The molecule has 0 radical (unpaired) electrons. The summed E-state index contributed by atoms with van der Waals surface area (Å²) in [4.78, 5) is 0. The molecule has 1 aliphatic carbocycles. The molecule has 0 aliphatic heterocycles. The Morgan fingerprint density at radius 2 is 1.90 bits per heavy atom. The van der Waals surface area contributed by atoms with Crippen molar-refractivity contribution in [3.63, 3.8) is 0 Å². The lowest BCUT2D eigenvalue weighted by Crippen LogP contribution is -2.35. The van der Waals surface area contributed by atoms with Crippen LogP contribution in [0.25, 0.3) is 0 Å². The third kappa shape index (κ3) is 4.71. The Labute approximate surface area is 127 Å². The van der Waals surface area contributed by atoms with Gasteiger partial charge in [-0.15, -0.1) is 0 Å². The Morgan fingerprint density at radius 3 is 2.38 bits per heavy atom. The minimum Gasteiger partial charge on any atom is -0.490 e. The molecule has 4 nitrogen and oxygen atoms in total. The molecule has 0 spiro atoms. The van der Waals surface area contributed by atoms with Gasteiger partial charge >= 0.3 is 0 Å². The van der Waals surface area contributed by atoms with Crippen LogP contribution in [0.1, 0.15) is 44.7 Å². The van der Waals surface area contributed by atoms with E-state index in [-0.39, 0.29) is 6.04 Å². The van der Waals surface area contributed by atoms with Crippen molar-refractivity contribution in [1.29, 1.82) is 0 Å². The largest absolute Gasteiger partial charge is 0.490 e. The van der Waals surface area contributed by atoms with Gasteiger partial charge in [-0.25, -0.2) is 8.42 Å². The lowest BCUT2D eigenvalue weighted by atomic mass is 10.0. The summed E-state index contributed by atoms with van der Waals surface area (Å²) in [5.41, 5.74) is 0.990. The third-order valence-electron chi connectivity index (χ3n) is 3.83. The van der Waals surface area contributed by atoms with Crippen molar-refractivity contribution in [1.82, 2.24) is 5.32 Å². The molecule has 2 unspecified atom stereocenters. The average molecular weight is 311 g/mol. The van der Waals surface area contributed by atoms with Gasteiger partial charge in [0.15, 0.2) is 9.84 Å². The second kappa shape index (κ2) is 6.79. The quantitative estimate of drug-likeness (QED) is 0.802. The van der Waals surface area contributed by atoms with E-state index in [9.17, 15) is 8.42 Å².